The molecule has 208 valence electrons. The summed E-state index contributed by atoms with van der Waals surface area (Å²) in [4.78, 5) is 4.41. The zero-order valence-electron chi connectivity index (χ0n) is 24.7. The fourth-order valence-corrected chi connectivity index (χ4v) is 4.04. The number of rotatable bonds is 7. The number of pyridine rings is 1. The zero-order valence-corrected chi connectivity index (χ0v) is 25.5. The van der Waals surface area contributed by atoms with Crippen molar-refractivity contribution in [2.75, 3.05) is 5.73 Å². The molecule has 2 N–H and O–H groups in total. The van der Waals surface area contributed by atoms with Crippen molar-refractivity contribution < 1.29 is 4.74 Å². The Kier molecular flexibility index (Phi) is 15.5. The lowest BCUT2D eigenvalue weighted by Gasteiger charge is -2.28. The van der Waals surface area contributed by atoms with Crippen LogP contribution in [0.3, 0.4) is 0 Å². The molecule has 0 radical (unpaired) electrons. The van der Waals surface area contributed by atoms with Crippen LogP contribution < -0.4 is 10.5 Å². The summed E-state index contributed by atoms with van der Waals surface area (Å²) in [7, 11) is 0. The normalized spacial score (nSPS) is 11.8. The van der Waals surface area contributed by atoms with E-state index in [9.17, 15) is 0 Å². The van der Waals surface area contributed by atoms with E-state index in [0.29, 0.717) is 5.02 Å². The number of aromatic nitrogens is 1. The SMILES string of the molecule is C1CCC1.C=CCc1ccc(CCC)cc1.CC.Cc1cc(N)ccc1OC(C)(C)c1ncc(Cl)cc1C. The van der Waals surface area contributed by atoms with Gasteiger partial charge in [0.15, 0.2) is 0 Å². The van der Waals surface area contributed by atoms with Gasteiger partial charge in [-0.05, 0) is 87.1 Å². The first-order valence-corrected chi connectivity index (χ1v) is 14.4. The first-order chi connectivity index (χ1) is 18.2. The van der Waals surface area contributed by atoms with Gasteiger partial charge in [-0.2, -0.15) is 0 Å². The minimum atomic E-state index is -0.546. The Hall–Kier alpha value is -2.78. The molecular weight excluding hydrogens is 488 g/mol. The van der Waals surface area contributed by atoms with Crippen molar-refractivity contribution in [1.82, 2.24) is 4.98 Å². The molecule has 0 saturated heterocycles. The second kappa shape index (κ2) is 17.7. The molecule has 0 aliphatic heterocycles. The minimum absolute atomic E-state index is 0.546. The molecule has 3 nitrogen and oxygen atoms in total. The first-order valence-electron chi connectivity index (χ1n) is 14.0. The van der Waals surface area contributed by atoms with Crippen molar-refractivity contribution in [2.24, 2.45) is 0 Å². The molecule has 0 unspecified atom stereocenters. The number of benzene rings is 2. The number of nitrogens with zero attached hydrogens (tertiary/aromatic N) is 1. The fraction of sp³-hybridized carbons (Fsp3) is 0.441. The molecule has 0 bridgehead atoms. The minimum Gasteiger partial charge on any atom is -0.481 e. The number of nitrogens with two attached hydrogens (primary N) is 1. The number of hydrogen-bond donors (Lipinski definition) is 1. The van der Waals surface area contributed by atoms with Crippen LogP contribution in [0.25, 0.3) is 0 Å². The van der Waals surface area contributed by atoms with Crippen molar-refractivity contribution in [3.8, 4) is 5.75 Å². The number of anilines is 1. The van der Waals surface area contributed by atoms with Gasteiger partial charge in [0, 0.05) is 11.9 Å². The number of halogens is 1. The standard InChI is InChI=1S/C16H19ClN2O.C12H16.C4H8.C2H6/c1-10-8-13(18)5-6-14(10)20-16(3,4)15-11(2)7-12(17)9-19-15;1-3-5-11-7-9-12(6-4-2)10-8-11;1-2-4-3-1;1-2/h5-9H,18H2,1-4H3;3,7-10H,1,4-6H2,2H3;1-4H2;1-2H3. The van der Waals surface area contributed by atoms with Crippen LogP contribution in [0.15, 0.2) is 67.4 Å². The average molecular weight is 537 g/mol. The van der Waals surface area contributed by atoms with Crippen LogP contribution in [0.4, 0.5) is 5.69 Å². The van der Waals surface area contributed by atoms with E-state index in [1.807, 2.05) is 71.9 Å². The molecule has 4 heteroatoms. The van der Waals surface area contributed by atoms with E-state index < -0.39 is 5.60 Å². The predicted octanol–water partition coefficient (Wildman–Crippen LogP) is 10.2. The largest absolute Gasteiger partial charge is 0.481 e. The lowest BCUT2D eigenvalue weighted by atomic mass is 9.99. The molecule has 1 heterocycles. The van der Waals surface area contributed by atoms with Crippen LogP contribution in [-0.2, 0) is 18.4 Å². The van der Waals surface area contributed by atoms with Gasteiger partial charge in [0.25, 0.3) is 0 Å². The second-order valence-electron chi connectivity index (χ2n) is 9.93. The van der Waals surface area contributed by atoms with Gasteiger partial charge in [-0.15, -0.1) is 6.58 Å². The van der Waals surface area contributed by atoms with E-state index in [-0.39, 0.29) is 0 Å². The molecular formula is C34H49ClN2O. The van der Waals surface area contributed by atoms with Gasteiger partial charge in [-0.3, -0.25) is 4.98 Å². The zero-order chi connectivity index (χ0) is 28.6. The molecule has 0 atom stereocenters. The van der Waals surface area contributed by atoms with E-state index in [0.717, 1.165) is 34.7 Å². The molecule has 3 aromatic rings. The Balaban J connectivity index is 0.000000337. The third kappa shape index (κ3) is 11.7. The van der Waals surface area contributed by atoms with Gasteiger partial charge in [-0.25, -0.2) is 0 Å². The molecule has 38 heavy (non-hydrogen) atoms. The summed E-state index contributed by atoms with van der Waals surface area (Å²) in [5.74, 6) is 0.806. The van der Waals surface area contributed by atoms with E-state index in [1.54, 1.807) is 6.20 Å². The Morgan fingerprint density at radius 3 is 2.00 bits per heavy atom. The van der Waals surface area contributed by atoms with Gasteiger partial charge in [0.1, 0.15) is 11.4 Å². The molecule has 1 fully saturated rings. The summed E-state index contributed by atoms with van der Waals surface area (Å²) < 4.78 is 6.13. The monoisotopic (exact) mass is 536 g/mol. The highest BCUT2D eigenvalue weighted by molar-refractivity contribution is 6.30. The average Bonchev–Trinajstić information content (AvgIpc) is 2.83. The maximum absolute atomic E-state index is 6.13. The van der Waals surface area contributed by atoms with Gasteiger partial charge in [0.05, 0.1) is 10.7 Å². The molecule has 4 rings (SSSR count). The molecule has 1 aliphatic carbocycles. The number of nitrogen functional groups attached to an aromatic ring is 1. The van der Waals surface area contributed by atoms with Crippen LogP contribution in [0.5, 0.6) is 5.75 Å². The Labute approximate surface area is 237 Å². The van der Waals surface area contributed by atoms with E-state index in [4.69, 9.17) is 22.1 Å². The number of aryl methyl sites for hydroxylation is 3. The Morgan fingerprint density at radius 1 is 0.947 bits per heavy atom. The maximum Gasteiger partial charge on any atom is 0.145 e. The molecule has 1 aromatic heterocycles. The van der Waals surface area contributed by atoms with E-state index in [2.05, 4.69) is 42.8 Å². The molecule has 0 spiro atoms. The molecule has 2 aromatic carbocycles. The lowest BCUT2D eigenvalue weighted by molar-refractivity contribution is 0.102. The summed E-state index contributed by atoms with van der Waals surface area (Å²) >= 11 is 5.95. The lowest BCUT2D eigenvalue weighted by Crippen LogP contribution is -2.28. The third-order valence-corrected chi connectivity index (χ3v) is 6.33. The summed E-state index contributed by atoms with van der Waals surface area (Å²) in [5.41, 5.74) is 11.6. The van der Waals surface area contributed by atoms with Crippen LogP contribution in [0.1, 0.15) is 94.7 Å². The molecule has 1 saturated carbocycles. The summed E-state index contributed by atoms with van der Waals surface area (Å²) in [6.45, 7) is 17.9. The highest BCUT2D eigenvalue weighted by atomic mass is 35.5. The second-order valence-corrected chi connectivity index (χ2v) is 10.4. The quantitative estimate of drug-likeness (QED) is 0.241. The summed E-state index contributed by atoms with van der Waals surface area (Å²) in [6.07, 6.45) is 13.0. The molecule has 0 amide bonds. The maximum atomic E-state index is 6.13. The Morgan fingerprint density at radius 2 is 1.53 bits per heavy atom. The fourth-order valence-electron chi connectivity index (χ4n) is 3.83. The highest BCUT2D eigenvalue weighted by Gasteiger charge is 2.27. The number of hydrogen-bond acceptors (Lipinski definition) is 3. The van der Waals surface area contributed by atoms with Crippen molar-refractivity contribution >= 4 is 17.3 Å². The van der Waals surface area contributed by atoms with Crippen molar-refractivity contribution in [3.05, 3.63) is 100 Å². The summed E-state index contributed by atoms with van der Waals surface area (Å²) in [5, 5.41) is 0.630. The van der Waals surface area contributed by atoms with Gasteiger partial charge >= 0.3 is 0 Å². The van der Waals surface area contributed by atoms with Crippen LogP contribution in [0.2, 0.25) is 5.02 Å². The van der Waals surface area contributed by atoms with E-state index >= 15 is 0 Å². The molecule has 1 aliphatic rings. The topological polar surface area (TPSA) is 48.1 Å². The van der Waals surface area contributed by atoms with Crippen LogP contribution >= 0.6 is 11.6 Å². The third-order valence-electron chi connectivity index (χ3n) is 6.12. The van der Waals surface area contributed by atoms with Crippen molar-refractivity contribution in [3.63, 3.8) is 0 Å². The summed E-state index contributed by atoms with van der Waals surface area (Å²) in [6, 6.07) is 16.3. The van der Waals surface area contributed by atoms with Gasteiger partial charge < -0.3 is 10.5 Å². The van der Waals surface area contributed by atoms with Gasteiger partial charge in [0.2, 0.25) is 0 Å². The van der Waals surface area contributed by atoms with Crippen LogP contribution in [0, 0.1) is 13.8 Å². The first kappa shape index (κ1) is 33.2. The number of ether oxygens (including phenoxy) is 1. The van der Waals surface area contributed by atoms with Crippen LogP contribution in [-0.4, -0.2) is 4.98 Å². The van der Waals surface area contributed by atoms with Crippen molar-refractivity contribution in [1.29, 1.82) is 0 Å². The predicted molar refractivity (Wildman–Crippen MR) is 167 cm³/mol. The van der Waals surface area contributed by atoms with Crippen molar-refractivity contribution in [2.45, 2.75) is 99.0 Å². The van der Waals surface area contributed by atoms with Gasteiger partial charge in [-0.1, -0.05) is 94.8 Å². The highest BCUT2D eigenvalue weighted by Crippen LogP contribution is 2.31. The van der Waals surface area contributed by atoms with E-state index in [1.165, 1.54) is 49.7 Å². The Bertz CT molecular complexity index is 1080. The number of allylic oxidation sites excluding steroid dienone is 1. The smallest absolute Gasteiger partial charge is 0.145 e.